The third-order valence-electron chi connectivity index (χ3n) is 7.58. The number of urea groups is 1. The average molecular weight is 676 g/mol. The number of rotatable bonds is 8. The Hall–Kier alpha value is -5.41. The number of nitrogens with one attached hydrogen (secondary N) is 2. The zero-order valence-corrected chi connectivity index (χ0v) is 26.3. The highest BCUT2D eigenvalue weighted by Gasteiger charge is 2.42. The lowest BCUT2D eigenvalue weighted by Crippen LogP contribution is -2.38. The molecule has 0 saturated carbocycles. The van der Waals surface area contributed by atoms with Crippen LogP contribution in [0.1, 0.15) is 25.8 Å². The van der Waals surface area contributed by atoms with Crippen molar-refractivity contribution in [3.63, 3.8) is 0 Å². The number of hydrogen-bond donors (Lipinski definition) is 3. The molecular formula is C33H28F3N7O4S. The molecule has 11 nitrogen and oxygen atoms in total. The number of ether oxygens (including phenoxy) is 1. The Morgan fingerprint density at radius 1 is 0.979 bits per heavy atom. The zero-order chi connectivity index (χ0) is 34.1. The molecule has 1 unspecified atom stereocenters. The second-order valence-corrected chi connectivity index (χ2v) is 12.5. The van der Waals surface area contributed by atoms with E-state index in [2.05, 4.69) is 30.6 Å². The van der Waals surface area contributed by atoms with Crippen molar-refractivity contribution < 1.29 is 32.6 Å². The lowest BCUT2D eigenvalue weighted by Gasteiger charge is -2.23. The van der Waals surface area contributed by atoms with Crippen molar-refractivity contribution in [1.82, 2.24) is 19.9 Å². The molecule has 3 N–H and O–H groups in total. The van der Waals surface area contributed by atoms with E-state index in [1.165, 1.54) is 42.2 Å². The fraction of sp³-hybridized carbons (Fsp3) is 0.212. The van der Waals surface area contributed by atoms with Crippen LogP contribution in [0.2, 0.25) is 0 Å². The van der Waals surface area contributed by atoms with Gasteiger partial charge in [0.2, 0.25) is 5.91 Å². The monoisotopic (exact) mass is 675 g/mol. The van der Waals surface area contributed by atoms with Crippen LogP contribution >= 0.6 is 11.3 Å². The Kier molecular flexibility index (Phi) is 8.81. The van der Waals surface area contributed by atoms with E-state index in [-0.39, 0.29) is 23.3 Å². The molecule has 48 heavy (non-hydrogen) atoms. The van der Waals surface area contributed by atoms with Gasteiger partial charge < -0.3 is 20.5 Å². The van der Waals surface area contributed by atoms with E-state index in [0.717, 1.165) is 22.6 Å². The predicted octanol–water partition coefficient (Wildman–Crippen LogP) is 7.24. The van der Waals surface area contributed by atoms with Crippen LogP contribution < -0.4 is 20.3 Å². The summed E-state index contributed by atoms with van der Waals surface area (Å²) < 4.78 is 45.9. The molecule has 0 bridgehead atoms. The SMILES string of the molecule is CC(C)(O)C1CCN(c2ncc(-c3ccc(Oc4ncc(NC(=O)Nc5cc(C(F)(F)F)ccc5-c5cccnc5)cn4)cc3)s2)C1=O. The molecule has 0 radical (unpaired) electrons. The fourth-order valence-corrected chi connectivity index (χ4v) is 6.11. The minimum atomic E-state index is -4.60. The molecule has 1 atom stereocenters. The molecule has 1 aliphatic rings. The van der Waals surface area contributed by atoms with Crippen molar-refractivity contribution in [3.8, 4) is 33.3 Å². The second kappa shape index (κ2) is 13.0. The lowest BCUT2D eigenvalue weighted by atomic mass is 9.90. The van der Waals surface area contributed by atoms with E-state index < -0.39 is 29.3 Å². The van der Waals surface area contributed by atoms with Crippen molar-refractivity contribution in [3.05, 3.63) is 91.1 Å². The summed E-state index contributed by atoms with van der Waals surface area (Å²) in [6.07, 6.45) is 3.25. The predicted molar refractivity (Wildman–Crippen MR) is 174 cm³/mol. The Labute approximate surface area is 276 Å². The number of pyridine rings is 1. The number of benzene rings is 2. The van der Waals surface area contributed by atoms with Gasteiger partial charge in [-0.25, -0.2) is 19.7 Å². The van der Waals surface area contributed by atoms with E-state index in [1.807, 2.05) is 12.1 Å². The maximum Gasteiger partial charge on any atom is 0.416 e. The van der Waals surface area contributed by atoms with Gasteiger partial charge in [-0.05, 0) is 68.3 Å². The standard InChI is InChI=1S/C33H28F3N7O4S/c1-32(2,46)25-11-13-43(28(25)44)31-40-18-27(48-31)19-5-8-23(9-6-19)47-30-38-16-22(17-39-30)41-29(45)42-26-14-21(33(34,35)36)7-10-24(26)20-4-3-12-37-15-20/h3-10,12,14-18,25,46H,11,13H2,1-2H3,(H2,41,42,45). The summed E-state index contributed by atoms with van der Waals surface area (Å²) in [5.74, 6) is -0.169. The number of aliphatic hydroxyl groups is 1. The number of alkyl halides is 3. The quantitative estimate of drug-likeness (QED) is 0.156. The van der Waals surface area contributed by atoms with Gasteiger partial charge in [0.05, 0.1) is 45.7 Å². The van der Waals surface area contributed by atoms with Gasteiger partial charge in [0.25, 0.3) is 0 Å². The Morgan fingerprint density at radius 2 is 1.73 bits per heavy atom. The number of aromatic nitrogens is 4. The van der Waals surface area contributed by atoms with Gasteiger partial charge in [0.1, 0.15) is 5.75 Å². The van der Waals surface area contributed by atoms with Crippen molar-refractivity contribution in [2.24, 2.45) is 5.92 Å². The molecule has 1 fully saturated rings. The summed E-state index contributed by atoms with van der Waals surface area (Å²) in [7, 11) is 0. The number of anilines is 3. The van der Waals surface area contributed by atoms with Gasteiger partial charge in [-0.15, -0.1) is 0 Å². The molecule has 3 aromatic heterocycles. The summed E-state index contributed by atoms with van der Waals surface area (Å²) in [4.78, 5) is 44.7. The maximum absolute atomic E-state index is 13.4. The first-order chi connectivity index (χ1) is 22.8. The third kappa shape index (κ3) is 7.26. The van der Waals surface area contributed by atoms with Gasteiger partial charge in [-0.1, -0.05) is 23.5 Å². The van der Waals surface area contributed by atoms with Crippen molar-refractivity contribution >= 4 is 39.8 Å². The smallest absolute Gasteiger partial charge is 0.416 e. The van der Waals surface area contributed by atoms with E-state index in [4.69, 9.17) is 4.74 Å². The van der Waals surface area contributed by atoms with Crippen LogP contribution in [0.15, 0.2) is 85.6 Å². The largest absolute Gasteiger partial charge is 0.424 e. The highest BCUT2D eigenvalue weighted by molar-refractivity contribution is 7.19. The maximum atomic E-state index is 13.4. The highest BCUT2D eigenvalue weighted by atomic mass is 32.1. The number of carbonyl (C=O) groups excluding carboxylic acids is 2. The van der Waals surface area contributed by atoms with Crippen molar-refractivity contribution in [2.75, 3.05) is 22.1 Å². The summed E-state index contributed by atoms with van der Waals surface area (Å²) in [5, 5.41) is 15.9. The van der Waals surface area contributed by atoms with Gasteiger partial charge >= 0.3 is 18.2 Å². The normalized spacial score (nSPS) is 15.0. The molecular weight excluding hydrogens is 647 g/mol. The summed E-state index contributed by atoms with van der Waals surface area (Å²) in [5.41, 5.74) is -0.158. The minimum absolute atomic E-state index is 0.000524. The molecule has 6 rings (SSSR count). The van der Waals surface area contributed by atoms with E-state index >= 15 is 0 Å². The van der Waals surface area contributed by atoms with Crippen LogP contribution in [-0.2, 0) is 11.0 Å². The van der Waals surface area contributed by atoms with Gasteiger partial charge in [0, 0.05) is 36.3 Å². The first-order valence-electron chi connectivity index (χ1n) is 14.6. The Balaban J connectivity index is 1.07. The second-order valence-electron chi connectivity index (χ2n) is 11.5. The van der Waals surface area contributed by atoms with Gasteiger partial charge in [0.15, 0.2) is 5.13 Å². The molecule has 4 heterocycles. The molecule has 0 spiro atoms. The number of thiazole rings is 1. The topological polar surface area (TPSA) is 142 Å². The van der Waals surface area contributed by atoms with Crippen LogP contribution in [0, 0.1) is 5.92 Å². The minimum Gasteiger partial charge on any atom is -0.424 e. The molecule has 3 amide bonds. The lowest BCUT2D eigenvalue weighted by molar-refractivity contribution is -0.137. The summed E-state index contributed by atoms with van der Waals surface area (Å²) in [6.45, 7) is 3.77. The van der Waals surface area contributed by atoms with Crippen LogP contribution in [-0.4, -0.2) is 49.1 Å². The van der Waals surface area contributed by atoms with Gasteiger partial charge in [-0.2, -0.15) is 13.2 Å². The molecule has 15 heteroatoms. The zero-order valence-electron chi connectivity index (χ0n) is 25.5. The van der Waals surface area contributed by atoms with Crippen molar-refractivity contribution in [1.29, 1.82) is 0 Å². The first-order valence-corrected chi connectivity index (χ1v) is 15.5. The fourth-order valence-electron chi connectivity index (χ4n) is 5.16. The number of carbonyl (C=O) groups is 2. The van der Waals surface area contributed by atoms with Crippen LogP contribution in [0.4, 0.5) is 34.5 Å². The molecule has 2 aromatic carbocycles. The molecule has 246 valence electrons. The number of halogens is 3. The van der Waals surface area contributed by atoms with E-state index in [9.17, 15) is 27.9 Å². The number of nitrogens with zero attached hydrogens (tertiary/aromatic N) is 5. The Bertz CT molecular complexity index is 1930. The van der Waals surface area contributed by atoms with Gasteiger partial charge in [-0.3, -0.25) is 14.7 Å². The molecule has 1 aliphatic heterocycles. The van der Waals surface area contributed by atoms with Crippen LogP contribution in [0.5, 0.6) is 11.8 Å². The Morgan fingerprint density at radius 3 is 2.38 bits per heavy atom. The third-order valence-corrected chi connectivity index (χ3v) is 8.65. The van der Waals surface area contributed by atoms with Crippen LogP contribution in [0.3, 0.4) is 0 Å². The molecule has 5 aromatic rings. The first kappa shape index (κ1) is 32.5. The number of hydrogen-bond acceptors (Lipinski definition) is 9. The van der Waals surface area contributed by atoms with Crippen molar-refractivity contribution in [2.45, 2.75) is 32.0 Å². The molecule has 1 saturated heterocycles. The highest BCUT2D eigenvalue weighted by Crippen LogP contribution is 2.38. The molecule has 0 aliphatic carbocycles. The van der Waals surface area contributed by atoms with E-state index in [0.29, 0.717) is 35.0 Å². The summed E-state index contributed by atoms with van der Waals surface area (Å²) >= 11 is 1.37. The summed E-state index contributed by atoms with van der Waals surface area (Å²) in [6, 6.07) is 12.7. The average Bonchev–Trinajstić information content (AvgIpc) is 3.69. The number of amides is 3. The van der Waals surface area contributed by atoms with Crippen LogP contribution in [0.25, 0.3) is 21.6 Å². The van der Waals surface area contributed by atoms with E-state index in [1.54, 1.807) is 49.2 Å².